The van der Waals surface area contributed by atoms with E-state index in [9.17, 15) is 4.39 Å². The van der Waals surface area contributed by atoms with Crippen LogP contribution in [0.1, 0.15) is 57.3 Å². The maximum Gasteiger partial charge on any atom is 0.139 e. The Kier molecular flexibility index (Phi) is 5.08. The third-order valence-corrected chi connectivity index (χ3v) is 4.38. The second-order valence-corrected chi connectivity index (χ2v) is 6.57. The Hall–Kier alpha value is -0.610. The number of hydrogen-bond acceptors (Lipinski definition) is 1. The Labute approximate surface area is 132 Å². The molecule has 0 aliphatic heterocycles. The van der Waals surface area contributed by atoms with Gasteiger partial charge in [0.25, 0.3) is 0 Å². The second kappa shape index (κ2) is 6.44. The van der Waals surface area contributed by atoms with Crippen molar-refractivity contribution in [3.8, 4) is 0 Å². The number of halogens is 3. The zero-order valence-electron chi connectivity index (χ0n) is 12.0. The summed E-state index contributed by atoms with van der Waals surface area (Å²) in [4.78, 5) is 4.60. The lowest BCUT2D eigenvalue weighted by molar-refractivity contribution is 0.443. The van der Waals surface area contributed by atoms with Gasteiger partial charge in [-0.05, 0) is 41.8 Å². The van der Waals surface area contributed by atoms with Crippen LogP contribution in [0.3, 0.4) is 0 Å². The number of aromatic nitrogens is 2. The zero-order chi connectivity index (χ0) is 14.9. The van der Waals surface area contributed by atoms with Gasteiger partial charge in [0.15, 0.2) is 0 Å². The predicted molar refractivity (Wildman–Crippen MR) is 85.9 cm³/mol. The molecule has 2 nitrogen and oxygen atoms in total. The first-order valence-corrected chi connectivity index (χ1v) is 8.23. The molecule has 5 heteroatoms. The van der Waals surface area contributed by atoms with Gasteiger partial charge in [0, 0.05) is 12.1 Å². The molecular weight excluding hydrogens is 343 g/mol. The molecule has 0 bridgehead atoms. The number of nitrogens with zero attached hydrogens (tertiary/aromatic N) is 2. The zero-order valence-corrected chi connectivity index (χ0v) is 14.3. The fraction of sp³-hybridized carbons (Fsp3) is 0.533. The third-order valence-electron chi connectivity index (χ3n) is 3.57. The van der Waals surface area contributed by atoms with Crippen LogP contribution in [-0.2, 0) is 0 Å². The fourth-order valence-electron chi connectivity index (χ4n) is 2.62. The van der Waals surface area contributed by atoms with Crippen LogP contribution in [0.15, 0.2) is 16.6 Å². The van der Waals surface area contributed by atoms with Crippen molar-refractivity contribution in [3.05, 3.63) is 28.2 Å². The van der Waals surface area contributed by atoms with Crippen LogP contribution in [0.4, 0.5) is 4.39 Å². The highest BCUT2D eigenvalue weighted by Gasteiger charge is 2.21. The van der Waals surface area contributed by atoms with Crippen molar-refractivity contribution in [2.75, 3.05) is 0 Å². The average molecular weight is 362 g/mol. The number of imidazole rings is 1. The topological polar surface area (TPSA) is 17.8 Å². The van der Waals surface area contributed by atoms with Gasteiger partial charge in [-0.3, -0.25) is 0 Å². The lowest BCUT2D eigenvalue weighted by Crippen LogP contribution is -2.12. The van der Waals surface area contributed by atoms with E-state index in [1.165, 1.54) is 0 Å². The molecule has 1 aromatic heterocycles. The molecule has 0 fully saturated rings. The van der Waals surface area contributed by atoms with Gasteiger partial charge in [-0.25, -0.2) is 9.37 Å². The van der Waals surface area contributed by atoms with Gasteiger partial charge < -0.3 is 4.57 Å². The van der Waals surface area contributed by atoms with E-state index in [0.29, 0.717) is 10.5 Å². The summed E-state index contributed by atoms with van der Waals surface area (Å²) in [6.45, 7) is 6.20. The molecule has 0 saturated heterocycles. The van der Waals surface area contributed by atoms with Crippen LogP contribution < -0.4 is 0 Å². The summed E-state index contributed by atoms with van der Waals surface area (Å²) in [6.07, 6.45) is 3.09. The molecule has 20 heavy (non-hydrogen) atoms. The number of alkyl halides is 1. The summed E-state index contributed by atoms with van der Waals surface area (Å²) in [7, 11) is 0. The van der Waals surface area contributed by atoms with E-state index in [1.807, 2.05) is 6.92 Å². The molecule has 2 unspecified atom stereocenters. The Balaban J connectivity index is 2.70. The highest BCUT2D eigenvalue weighted by molar-refractivity contribution is 9.10. The highest BCUT2D eigenvalue weighted by Crippen LogP contribution is 2.33. The first-order valence-electron chi connectivity index (χ1n) is 7.00. The SMILES string of the molecule is CCCC(CC)n1c(C(C)Cl)nc2cc(Br)c(F)cc21. The fourth-order valence-corrected chi connectivity index (χ4v) is 3.11. The summed E-state index contributed by atoms with van der Waals surface area (Å²) in [5.41, 5.74) is 1.61. The summed E-state index contributed by atoms with van der Waals surface area (Å²) in [5, 5.41) is -0.199. The van der Waals surface area contributed by atoms with E-state index in [2.05, 4.69) is 39.3 Å². The standard InChI is InChI=1S/C15H19BrClFN2/c1-4-6-10(5-2)20-14-8-12(18)11(16)7-13(14)19-15(20)9(3)17/h7-10H,4-6H2,1-3H3. The molecule has 0 aliphatic carbocycles. The minimum absolute atomic E-state index is 0.199. The molecule has 0 N–H and O–H groups in total. The lowest BCUT2D eigenvalue weighted by atomic mass is 10.1. The van der Waals surface area contributed by atoms with Crippen LogP contribution in [0.5, 0.6) is 0 Å². The largest absolute Gasteiger partial charge is 0.324 e. The molecule has 0 radical (unpaired) electrons. The van der Waals surface area contributed by atoms with Gasteiger partial charge in [0.1, 0.15) is 11.6 Å². The smallest absolute Gasteiger partial charge is 0.139 e. The number of rotatable bonds is 5. The van der Waals surface area contributed by atoms with Crippen LogP contribution in [0, 0.1) is 5.82 Å². The van der Waals surface area contributed by atoms with Crippen LogP contribution in [-0.4, -0.2) is 9.55 Å². The van der Waals surface area contributed by atoms with Crippen molar-refractivity contribution in [2.24, 2.45) is 0 Å². The Bertz CT molecular complexity index is 609. The quantitative estimate of drug-likeness (QED) is 0.598. The summed E-state index contributed by atoms with van der Waals surface area (Å²) in [6, 6.07) is 3.58. The number of hydrogen-bond donors (Lipinski definition) is 0. The summed E-state index contributed by atoms with van der Waals surface area (Å²) >= 11 is 9.49. The summed E-state index contributed by atoms with van der Waals surface area (Å²) in [5.74, 6) is 0.554. The van der Waals surface area contributed by atoms with Crippen molar-refractivity contribution in [2.45, 2.75) is 51.5 Å². The molecule has 2 atom stereocenters. The van der Waals surface area contributed by atoms with Crippen LogP contribution in [0.2, 0.25) is 0 Å². The molecule has 110 valence electrons. The predicted octanol–water partition coefficient (Wildman–Crippen LogP) is 5.99. The van der Waals surface area contributed by atoms with Gasteiger partial charge in [-0.2, -0.15) is 0 Å². The minimum Gasteiger partial charge on any atom is -0.324 e. The molecule has 1 heterocycles. The van der Waals surface area contributed by atoms with E-state index < -0.39 is 0 Å². The molecule has 1 aromatic carbocycles. The molecule has 2 rings (SSSR count). The van der Waals surface area contributed by atoms with Gasteiger partial charge in [-0.15, -0.1) is 11.6 Å². The van der Waals surface area contributed by atoms with E-state index in [1.54, 1.807) is 12.1 Å². The Morgan fingerprint density at radius 3 is 2.65 bits per heavy atom. The van der Waals surface area contributed by atoms with E-state index in [-0.39, 0.29) is 11.2 Å². The first kappa shape index (κ1) is 15.8. The molecule has 0 saturated carbocycles. The van der Waals surface area contributed by atoms with Crippen LogP contribution in [0.25, 0.3) is 11.0 Å². The van der Waals surface area contributed by atoms with Gasteiger partial charge in [0.2, 0.25) is 0 Å². The van der Waals surface area contributed by atoms with Crippen molar-refractivity contribution in [1.82, 2.24) is 9.55 Å². The van der Waals surface area contributed by atoms with E-state index >= 15 is 0 Å². The summed E-state index contributed by atoms with van der Waals surface area (Å²) < 4.78 is 16.4. The normalized spacial score (nSPS) is 14.7. The number of benzene rings is 1. The minimum atomic E-state index is -0.265. The maximum atomic E-state index is 13.9. The Morgan fingerprint density at radius 2 is 2.10 bits per heavy atom. The highest BCUT2D eigenvalue weighted by atomic mass is 79.9. The monoisotopic (exact) mass is 360 g/mol. The molecule has 2 aromatic rings. The van der Waals surface area contributed by atoms with Crippen molar-refractivity contribution >= 4 is 38.6 Å². The molecule has 0 aliphatic rings. The van der Waals surface area contributed by atoms with Crippen LogP contribution >= 0.6 is 27.5 Å². The van der Waals surface area contributed by atoms with Crippen molar-refractivity contribution < 1.29 is 4.39 Å². The average Bonchev–Trinajstić information content (AvgIpc) is 2.75. The van der Waals surface area contributed by atoms with Gasteiger partial charge in [0.05, 0.1) is 20.9 Å². The van der Waals surface area contributed by atoms with E-state index in [4.69, 9.17) is 11.6 Å². The van der Waals surface area contributed by atoms with Gasteiger partial charge in [-0.1, -0.05) is 20.3 Å². The van der Waals surface area contributed by atoms with Crippen molar-refractivity contribution in [3.63, 3.8) is 0 Å². The first-order chi connectivity index (χ1) is 9.49. The third kappa shape index (κ3) is 2.86. The van der Waals surface area contributed by atoms with Crippen molar-refractivity contribution in [1.29, 1.82) is 0 Å². The molecular formula is C15H19BrClFN2. The second-order valence-electron chi connectivity index (χ2n) is 5.06. The molecule has 0 spiro atoms. The molecule has 0 amide bonds. The lowest BCUT2D eigenvalue weighted by Gasteiger charge is -2.20. The van der Waals surface area contributed by atoms with E-state index in [0.717, 1.165) is 36.1 Å². The maximum absolute atomic E-state index is 13.9. The number of fused-ring (bicyclic) bond motifs is 1. The van der Waals surface area contributed by atoms with Gasteiger partial charge >= 0.3 is 0 Å². The Morgan fingerprint density at radius 1 is 1.40 bits per heavy atom.